The van der Waals surface area contributed by atoms with Gasteiger partial charge in [0.15, 0.2) is 0 Å². The van der Waals surface area contributed by atoms with E-state index in [1.165, 1.54) is 63.2 Å². The smallest absolute Gasteiger partial charge is 0.0107 e. The van der Waals surface area contributed by atoms with Crippen LogP contribution < -0.4 is 5.32 Å². The van der Waals surface area contributed by atoms with E-state index in [1.807, 2.05) is 0 Å². The van der Waals surface area contributed by atoms with E-state index in [1.54, 1.807) is 0 Å². The van der Waals surface area contributed by atoms with Crippen LogP contribution in [0.25, 0.3) is 0 Å². The highest BCUT2D eigenvalue weighted by atomic mass is 32.2. The molecule has 17 heavy (non-hydrogen) atoms. The van der Waals surface area contributed by atoms with E-state index in [-0.39, 0.29) is 0 Å². The van der Waals surface area contributed by atoms with Crippen molar-refractivity contribution >= 4 is 11.8 Å². The van der Waals surface area contributed by atoms with Gasteiger partial charge in [-0.1, -0.05) is 26.2 Å². The van der Waals surface area contributed by atoms with Crippen LogP contribution in [-0.2, 0) is 0 Å². The average Bonchev–Trinajstić information content (AvgIpc) is 2.58. The van der Waals surface area contributed by atoms with E-state index < -0.39 is 0 Å². The average molecular weight is 258 g/mol. The third-order valence-corrected chi connectivity index (χ3v) is 4.52. The summed E-state index contributed by atoms with van der Waals surface area (Å²) in [6.45, 7) is 9.59. The summed E-state index contributed by atoms with van der Waals surface area (Å²) < 4.78 is 0. The van der Waals surface area contributed by atoms with E-state index in [0.29, 0.717) is 6.04 Å². The van der Waals surface area contributed by atoms with Gasteiger partial charge in [-0.2, -0.15) is 11.8 Å². The first-order chi connectivity index (χ1) is 8.33. The highest BCUT2D eigenvalue weighted by molar-refractivity contribution is 7.99. The van der Waals surface area contributed by atoms with Crippen molar-refractivity contribution < 1.29 is 0 Å². The first-order valence-corrected chi connectivity index (χ1v) is 8.52. The lowest BCUT2D eigenvalue weighted by atomic mass is 10.1. The lowest BCUT2D eigenvalue weighted by Crippen LogP contribution is -2.37. The molecule has 0 aromatic carbocycles. The zero-order valence-corrected chi connectivity index (χ0v) is 12.5. The van der Waals surface area contributed by atoms with Gasteiger partial charge in [-0.3, -0.25) is 0 Å². The van der Waals surface area contributed by atoms with Gasteiger partial charge in [0, 0.05) is 31.4 Å². The molecule has 1 aliphatic heterocycles. The molecule has 1 heterocycles. The maximum absolute atomic E-state index is 3.66. The number of unbranched alkanes of at least 4 members (excludes halogenated alkanes) is 2. The summed E-state index contributed by atoms with van der Waals surface area (Å²) in [5.74, 6) is 2.68. The molecule has 1 aliphatic rings. The van der Waals surface area contributed by atoms with Crippen LogP contribution in [-0.4, -0.2) is 48.6 Å². The molecule has 1 saturated heterocycles. The third-order valence-electron chi connectivity index (χ3n) is 3.48. The molecule has 0 saturated carbocycles. The Labute approximate surface area is 112 Å². The van der Waals surface area contributed by atoms with E-state index >= 15 is 0 Å². The number of thioether (sulfide) groups is 1. The lowest BCUT2D eigenvalue weighted by molar-refractivity contribution is 0.288. The van der Waals surface area contributed by atoms with Crippen LogP contribution in [0.3, 0.4) is 0 Å². The lowest BCUT2D eigenvalue weighted by Gasteiger charge is -2.21. The number of rotatable bonds is 8. The van der Waals surface area contributed by atoms with Gasteiger partial charge < -0.3 is 10.2 Å². The SMILES string of the molecule is CCCCCC(C)NCCN1CCCSCC1. The number of nitrogens with zero attached hydrogens (tertiary/aromatic N) is 1. The van der Waals surface area contributed by atoms with Crippen molar-refractivity contribution in [3.63, 3.8) is 0 Å². The first-order valence-electron chi connectivity index (χ1n) is 7.36. The van der Waals surface area contributed by atoms with Crippen molar-refractivity contribution in [1.82, 2.24) is 10.2 Å². The van der Waals surface area contributed by atoms with Crippen LogP contribution in [0.2, 0.25) is 0 Å². The Morgan fingerprint density at radius 2 is 2.12 bits per heavy atom. The molecular weight excluding hydrogens is 228 g/mol. The van der Waals surface area contributed by atoms with Gasteiger partial charge >= 0.3 is 0 Å². The molecule has 1 rings (SSSR count). The van der Waals surface area contributed by atoms with E-state index in [0.717, 1.165) is 6.54 Å². The highest BCUT2D eigenvalue weighted by Gasteiger charge is 2.08. The highest BCUT2D eigenvalue weighted by Crippen LogP contribution is 2.09. The van der Waals surface area contributed by atoms with Crippen molar-refractivity contribution in [3.8, 4) is 0 Å². The predicted octanol–water partition coefficient (Wildman–Crippen LogP) is 2.98. The second-order valence-electron chi connectivity index (χ2n) is 5.16. The summed E-state index contributed by atoms with van der Waals surface area (Å²) >= 11 is 2.11. The Balaban J connectivity index is 1.97. The van der Waals surface area contributed by atoms with Crippen LogP contribution in [0.4, 0.5) is 0 Å². The van der Waals surface area contributed by atoms with Crippen LogP contribution in [0.15, 0.2) is 0 Å². The van der Waals surface area contributed by atoms with Gasteiger partial charge in [0.05, 0.1) is 0 Å². The Bertz CT molecular complexity index is 168. The van der Waals surface area contributed by atoms with Gasteiger partial charge in [-0.05, 0) is 32.1 Å². The zero-order valence-electron chi connectivity index (χ0n) is 11.7. The molecule has 1 fully saturated rings. The minimum absolute atomic E-state index is 0.697. The molecule has 1 unspecified atom stereocenters. The fourth-order valence-corrected chi connectivity index (χ4v) is 3.22. The Kier molecular flexibility index (Phi) is 9.21. The van der Waals surface area contributed by atoms with Crippen molar-refractivity contribution in [2.45, 2.75) is 52.0 Å². The quantitative estimate of drug-likeness (QED) is 0.674. The molecular formula is C14H30N2S. The van der Waals surface area contributed by atoms with Gasteiger partial charge in [0.2, 0.25) is 0 Å². The van der Waals surface area contributed by atoms with Crippen molar-refractivity contribution in [2.75, 3.05) is 37.7 Å². The standard InChI is InChI=1S/C14H30N2S/c1-3-4-5-7-14(2)15-8-10-16-9-6-12-17-13-11-16/h14-15H,3-13H2,1-2H3. The van der Waals surface area contributed by atoms with Gasteiger partial charge in [0.1, 0.15) is 0 Å². The molecule has 1 N–H and O–H groups in total. The molecule has 0 amide bonds. The fourth-order valence-electron chi connectivity index (χ4n) is 2.29. The van der Waals surface area contributed by atoms with E-state index in [2.05, 4.69) is 35.8 Å². The van der Waals surface area contributed by atoms with E-state index in [4.69, 9.17) is 0 Å². The zero-order chi connectivity index (χ0) is 12.3. The number of nitrogens with one attached hydrogen (secondary N) is 1. The predicted molar refractivity (Wildman–Crippen MR) is 80.0 cm³/mol. The minimum Gasteiger partial charge on any atom is -0.313 e. The summed E-state index contributed by atoms with van der Waals surface area (Å²) in [6, 6.07) is 0.697. The second kappa shape index (κ2) is 10.2. The summed E-state index contributed by atoms with van der Waals surface area (Å²) in [5, 5.41) is 3.66. The Morgan fingerprint density at radius 3 is 2.94 bits per heavy atom. The maximum atomic E-state index is 3.66. The molecule has 102 valence electrons. The normalized spacial score (nSPS) is 20.1. The van der Waals surface area contributed by atoms with Gasteiger partial charge in [-0.15, -0.1) is 0 Å². The van der Waals surface area contributed by atoms with E-state index in [9.17, 15) is 0 Å². The Hall–Kier alpha value is 0.270. The van der Waals surface area contributed by atoms with Crippen molar-refractivity contribution in [3.05, 3.63) is 0 Å². The number of hydrogen-bond donors (Lipinski definition) is 1. The topological polar surface area (TPSA) is 15.3 Å². The molecule has 0 radical (unpaired) electrons. The molecule has 0 bridgehead atoms. The molecule has 0 aliphatic carbocycles. The number of hydrogen-bond acceptors (Lipinski definition) is 3. The summed E-state index contributed by atoms with van der Waals surface area (Å²) in [4.78, 5) is 2.62. The monoisotopic (exact) mass is 258 g/mol. The van der Waals surface area contributed by atoms with Crippen LogP contribution >= 0.6 is 11.8 Å². The molecule has 2 nitrogen and oxygen atoms in total. The third kappa shape index (κ3) is 8.06. The van der Waals surface area contributed by atoms with Crippen LogP contribution in [0, 0.1) is 0 Å². The molecule has 0 aromatic heterocycles. The molecule has 0 spiro atoms. The summed E-state index contributed by atoms with van der Waals surface area (Å²) in [5.41, 5.74) is 0. The van der Waals surface area contributed by atoms with Crippen molar-refractivity contribution in [1.29, 1.82) is 0 Å². The molecule has 3 heteroatoms. The summed E-state index contributed by atoms with van der Waals surface area (Å²) in [6.07, 6.45) is 6.80. The largest absolute Gasteiger partial charge is 0.313 e. The van der Waals surface area contributed by atoms with Crippen molar-refractivity contribution in [2.24, 2.45) is 0 Å². The minimum atomic E-state index is 0.697. The first kappa shape index (κ1) is 15.3. The Morgan fingerprint density at radius 1 is 1.24 bits per heavy atom. The van der Waals surface area contributed by atoms with Gasteiger partial charge in [0.25, 0.3) is 0 Å². The van der Waals surface area contributed by atoms with Crippen LogP contribution in [0.5, 0.6) is 0 Å². The maximum Gasteiger partial charge on any atom is 0.0107 e. The molecule has 0 aromatic rings. The van der Waals surface area contributed by atoms with Crippen LogP contribution in [0.1, 0.15) is 46.0 Å². The molecule has 1 atom stereocenters. The summed E-state index contributed by atoms with van der Waals surface area (Å²) in [7, 11) is 0. The second-order valence-corrected chi connectivity index (χ2v) is 6.38. The van der Waals surface area contributed by atoms with Gasteiger partial charge in [-0.25, -0.2) is 0 Å². The fraction of sp³-hybridized carbons (Fsp3) is 1.00.